The van der Waals surface area contributed by atoms with Gasteiger partial charge in [-0.25, -0.2) is 0 Å². The third-order valence-corrected chi connectivity index (χ3v) is 12.3. The summed E-state index contributed by atoms with van der Waals surface area (Å²) in [6.07, 6.45) is 9.84. The van der Waals surface area contributed by atoms with E-state index >= 15 is 0 Å². The Morgan fingerprint density at radius 2 is 1.72 bits per heavy atom. The molecule has 13 atom stereocenters. The molecule has 5 heteroatoms. The SMILES string of the molecule is C[C@H]1[C@H]2[C@H](C[C@@H]3[C@H]4CC[C@H]5C[C@@H](O)CC[C@]5(C)[C@@H]4CC[C@]23C)O[C@]12NC[C@@H](CO)C[C@H]2O. The van der Waals surface area contributed by atoms with Crippen LogP contribution in [0.15, 0.2) is 0 Å². The van der Waals surface area contributed by atoms with E-state index in [1.807, 2.05) is 0 Å². The van der Waals surface area contributed by atoms with Crippen molar-refractivity contribution in [3.63, 3.8) is 0 Å². The van der Waals surface area contributed by atoms with Gasteiger partial charge in [0.15, 0.2) is 0 Å². The molecule has 0 aromatic rings. The maximum Gasteiger partial charge on any atom is 0.148 e. The third-order valence-electron chi connectivity index (χ3n) is 12.3. The molecule has 182 valence electrons. The fourth-order valence-corrected chi connectivity index (χ4v) is 10.6. The van der Waals surface area contributed by atoms with Crippen LogP contribution in [-0.2, 0) is 4.74 Å². The molecule has 2 saturated heterocycles. The lowest BCUT2D eigenvalue weighted by atomic mass is 9.44. The lowest BCUT2D eigenvalue weighted by molar-refractivity contribution is -0.183. The lowest BCUT2D eigenvalue weighted by Crippen LogP contribution is -2.64. The summed E-state index contributed by atoms with van der Waals surface area (Å²) in [6.45, 7) is 8.30. The van der Waals surface area contributed by atoms with Gasteiger partial charge in [0.05, 0.1) is 18.3 Å². The molecule has 6 fully saturated rings. The van der Waals surface area contributed by atoms with Crippen molar-refractivity contribution in [2.75, 3.05) is 13.2 Å². The van der Waals surface area contributed by atoms with Gasteiger partial charge in [0.25, 0.3) is 0 Å². The zero-order valence-electron chi connectivity index (χ0n) is 20.3. The second kappa shape index (κ2) is 7.40. The van der Waals surface area contributed by atoms with Crippen LogP contribution < -0.4 is 5.32 Å². The Morgan fingerprint density at radius 3 is 2.47 bits per heavy atom. The van der Waals surface area contributed by atoms with Crippen molar-refractivity contribution in [3.8, 4) is 0 Å². The molecule has 0 amide bonds. The molecule has 4 aliphatic carbocycles. The number of hydrogen-bond acceptors (Lipinski definition) is 5. The van der Waals surface area contributed by atoms with Gasteiger partial charge in [0.1, 0.15) is 5.72 Å². The van der Waals surface area contributed by atoms with Crippen molar-refractivity contribution >= 4 is 0 Å². The van der Waals surface area contributed by atoms with Gasteiger partial charge in [-0.3, -0.25) is 5.32 Å². The number of nitrogens with one attached hydrogen (secondary N) is 1. The van der Waals surface area contributed by atoms with E-state index in [1.54, 1.807) is 0 Å². The number of rotatable bonds is 1. The number of aliphatic hydroxyl groups is 3. The van der Waals surface area contributed by atoms with Gasteiger partial charge in [0, 0.05) is 19.1 Å². The minimum Gasteiger partial charge on any atom is -0.396 e. The Balaban J connectivity index is 1.25. The maximum absolute atomic E-state index is 11.1. The molecule has 2 aliphatic heterocycles. The van der Waals surface area contributed by atoms with Crippen LogP contribution in [0, 0.1) is 52.3 Å². The maximum atomic E-state index is 11.1. The zero-order chi connectivity index (χ0) is 22.5. The van der Waals surface area contributed by atoms with Crippen LogP contribution in [0.2, 0.25) is 0 Å². The number of hydrogen-bond donors (Lipinski definition) is 4. The highest BCUT2D eigenvalue weighted by molar-refractivity contribution is 5.17. The molecule has 1 spiro atoms. The molecule has 0 radical (unpaired) electrons. The molecular formula is C27H45NO4. The summed E-state index contributed by atoms with van der Waals surface area (Å²) in [5, 5.41) is 34.6. The second-order valence-electron chi connectivity index (χ2n) is 13.3. The monoisotopic (exact) mass is 447 g/mol. The summed E-state index contributed by atoms with van der Waals surface area (Å²) in [7, 11) is 0. The van der Waals surface area contributed by atoms with Gasteiger partial charge >= 0.3 is 0 Å². The molecule has 4 saturated carbocycles. The highest BCUT2D eigenvalue weighted by Crippen LogP contribution is 2.71. The second-order valence-corrected chi connectivity index (χ2v) is 13.3. The molecule has 4 N–H and O–H groups in total. The summed E-state index contributed by atoms with van der Waals surface area (Å²) >= 11 is 0. The van der Waals surface area contributed by atoms with Crippen LogP contribution in [-0.4, -0.2) is 52.5 Å². The predicted octanol–water partition coefficient (Wildman–Crippen LogP) is 3.31. The van der Waals surface area contributed by atoms with E-state index < -0.39 is 11.8 Å². The van der Waals surface area contributed by atoms with E-state index in [2.05, 4.69) is 26.1 Å². The highest BCUT2D eigenvalue weighted by Gasteiger charge is 2.70. The van der Waals surface area contributed by atoms with Gasteiger partial charge in [-0.05, 0) is 104 Å². The molecule has 0 aromatic carbocycles. The van der Waals surface area contributed by atoms with Crippen LogP contribution in [0.25, 0.3) is 0 Å². The Hall–Kier alpha value is -0.200. The average molecular weight is 448 g/mol. The Kier molecular flexibility index (Phi) is 5.15. The van der Waals surface area contributed by atoms with Crippen molar-refractivity contribution < 1.29 is 20.1 Å². The molecule has 32 heavy (non-hydrogen) atoms. The smallest absolute Gasteiger partial charge is 0.148 e. The van der Waals surface area contributed by atoms with Gasteiger partial charge in [0.2, 0.25) is 0 Å². The molecule has 5 nitrogen and oxygen atoms in total. The minimum atomic E-state index is -0.630. The molecule has 0 bridgehead atoms. The fraction of sp³-hybridized carbons (Fsp3) is 1.00. The number of aliphatic hydroxyl groups excluding tert-OH is 3. The lowest BCUT2D eigenvalue weighted by Gasteiger charge is -2.61. The molecule has 0 unspecified atom stereocenters. The fourth-order valence-electron chi connectivity index (χ4n) is 10.6. The molecular weight excluding hydrogens is 402 g/mol. The first-order chi connectivity index (χ1) is 15.2. The van der Waals surface area contributed by atoms with Crippen molar-refractivity contribution in [2.45, 2.75) is 103 Å². The number of ether oxygens (including phenoxy) is 1. The van der Waals surface area contributed by atoms with Crippen LogP contribution in [0.4, 0.5) is 0 Å². The van der Waals surface area contributed by atoms with Gasteiger partial charge < -0.3 is 20.1 Å². The van der Waals surface area contributed by atoms with Crippen LogP contribution in [0.1, 0.15) is 78.6 Å². The quantitative estimate of drug-likeness (QED) is 0.496. The Bertz CT molecular complexity index is 747. The predicted molar refractivity (Wildman–Crippen MR) is 123 cm³/mol. The van der Waals surface area contributed by atoms with E-state index in [0.29, 0.717) is 29.1 Å². The zero-order valence-corrected chi connectivity index (χ0v) is 20.3. The molecule has 6 rings (SSSR count). The highest BCUT2D eigenvalue weighted by atomic mass is 16.5. The van der Waals surface area contributed by atoms with Crippen LogP contribution in [0.5, 0.6) is 0 Å². The van der Waals surface area contributed by atoms with E-state index in [1.165, 1.54) is 32.1 Å². The standard InChI is InChI=1S/C27H45NO4/c1-15-24-22(32-27(15)23(31)10-16(14-29)13-28-27)12-21-19-5-4-17-11-18(30)6-8-25(17,2)20(19)7-9-26(21,24)3/h15-24,28-31H,4-14H2,1-3H3/t15-,16-,17-,18-,19-,20+,21+,22-,23+,24-,25-,26-,27+/m0/s1. The van der Waals surface area contributed by atoms with E-state index in [4.69, 9.17) is 4.74 Å². The Morgan fingerprint density at radius 1 is 0.938 bits per heavy atom. The molecule has 0 aromatic heterocycles. The van der Waals surface area contributed by atoms with Gasteiger partial charge in [-0.2, -0.15) is 0 Å². The summed E-state index contributed by atoms with van der Waals surface area (Å²) in [5.41, 5.74) is 0.0750. The van der Waals surface area contributed by atoms with E-state index in [9.17, 15) is 15.3 Å². The van der Waals surface area contributed by atoms with Crippen molar-refractivity contribution in [2.24, 2.45) is 52.3 Å². The first-order valence-electron chi connectivity index (χ1n) is 13.6. The minimum absolute atomic E-state index is 0.0744. The topological polar surface area (TPSA) is 82.0 Å². The average Bonchev–Trinajstić information content (AvgIpc) is 3.22. The Labute approximate surface area is 193 Å². The summed E-state index contributed by atoms with van der Waals surface area (Å²) in [6, 6.07) is 0. The van der Waals surface area contributed by atoms with Crippen LogP contribution in [0.3, 0.4) is 0 Å². The van der Waals surface area contributed by atoms with Crippen molar-refractivity contribution in [1.82, 2.24) is 5.32 Å². The molecule has 2 heterocycles. The normalized spacial score (nSPS) is 61.7. The van der Waals surface area contributed by atoms with Crippen molar-refractivity contribution in [1.29, 1.82) is 0 Å². The van der Waals surface area contributed by atoms with E-state index in [-0.39, 0.29) is 30.7 Å². The number of piperidine rings is 1. The summed E-state index contributed by atoms with van der Waals surface area (Å²) in [5.74, 6) is 3.94. The largest absolute Gasteiger partial charge is 0.396 e. The summed E-state index contributed by atoms with van der Waals surface area (Å²) < 4.78 is 6.84. The first-order valence-corrected chi connectivity index (χ1v) is 13.6. The van der Waals surface area contributed by atoms with Gasteiger partial charge in [-0.1, -0.05) is 20.8 Å². The van der Waals surface area contributed by atoms with E-state index in [0.717, 1.165) is 43.6 Å². The number of fused-ring (bicyclic) bond motifs is 7. The molecule has 6 aliphatic rings. The van der Waals surface area contributed by atoms with Crippen LogP contribution >= 0.6 is 0 Å². The van der Waals surface area contributed by atoms with Crippen molar-refractivity contribution in [3.05, 3.63) is 0 Å². The third kappa shape index (κ3) is 2.81. The van der Waals surface area contributed by atoms with Gasteiger partial charge in [-0.15, -0.1) is 0 Å². The first kappa shape index (κ1) is 22.3. The summed E-state index contributed by atoms with van der Waals surface area (Å²) in [4.78, 5) is 0.